The molecule has 0 aliphatic carbocycles. The predicted molar refractivity (Wildman–Crippen MR) is 146 cm³/mol. The van der Waals surface area contributed by atoms with Gasteiger partial charge in [0.05, 0.1) is 31.0 Å². The second kappa shape index (κ2) is 11.3. The van der Waals surface area contributed by atoms with Gasteiger partial charge in [-0.2, -0.15) is 0 Å². The van der Waals surface area contributed by atoms with Crippen LogP contribution in [0.4, 0.5) is 0 Å². The molecule has 1 aliphatic rings. The van der Waals surface area contributed by atoms with Crippen molar-refractivity contribution in [2.75, 3.05) is 6.61 Å². The normalized spacial score (nSPS) is 16.5. The third-order valence-corrected chi connectivity index (χ3v) is 6.62. The maximum atomic E-state index is 13.4. The lowest BCUT2D eigenvalue weighted by Crippen LogP contribution is -2.29. The van der Waals surface area contributed by atoms with Crippen molar-refractivity contribution in [3.05, 3.63) is 125 Å². The van der Waals surface area contributed by atoms with E-state index < -0.39 is 17.7 Å². The van der Waals surface area contributed by atoms with Crippen LogP contribution in [0.1, 0.15) is 41.0 Å². The molecule has 3 aromatic carbocycles. The van der Waals surface area contributed by atoms with Crippen LogP contribution in [-0.2, 0) is 22.7 Å². The molecular weight excluding hydrogens is 494 g/mol. The molecule has 2 heterocycles. The van der Waals surface area contributed by atoms with E-state index in [2.05, 4.69) is 0 Å². The Balaban J connectivity index is 1.52. The zero-order valence-electron chi connectivity index (χ0n) is 21.8. The van der Waals surface area contributed by atoms with E-state index in [9.17, 15) is 14.7 Å². The van der Waals surface area contributed by atoms with Crippen LogP contribution in [0.25, 0.3) is 5.76 Å². The van der Waals surface area contributed by atoms with Gasteiger partial charge in [0.1, 0.15) is 29.6 Å². The number of ketones is 1. The number of benzene rings is 3. The van der Waals surface area contributed by atoms with Crippen molar-refractivity contribution in [3.63, 3.8) is 0 Å². The van der Waals surface area contributed by atoms with Crippen molar-refractivity contribution in [2.24, 2.45) is 0 Å². The second-order valence-electron chi connectivity index (χ2n) is 9.27. The zero-order valence-corrected chi connectivity index (χ0v) is 21.8. The summed E-state index contributed by atoms with van der Waals surface area (Å²) in [6, 6.07) is 24.9. The summed E-state index contributed by atoms with van der Waals surface area (Å²) in [6.07, 6.45) is 1.51. The van der Waals surface area contributed by atoms with E-state index in [0.29, 0.717) is 41.6 Å². The van der Waals surface area contributed by atoms with Crippen LogP contribution < -0.4 is 9.47 Å². The maximum Gasteiger partial charge on any atom is 0.296 e. The Hall–Kier alpha value is -4.78. The van der Waals surface area contributed by atoms with Crippen LogP contribution in [-0.4, -0.2) is 28.3 Å². The molecule has 1 unspecified atom stereocenters. The Bertz CT molecular complexity index is 1510. The summed E-state index contributed by atoms with van der Waals surface area (Å²) in [4.78, 5) is 28.0. The van der Waals surface area contributed by atoms with E-state index in [1.807, 2.05) is 56.3 Å². The lowest BCUT2D eigenvalue weighted by atomic mass is 9.94. The highest BCUT2D eigenvalue weighted by Gasteiger charge is 2.46. The van der Waals surface area contributed by atoms with E-state index in [1.54, 1.807) is 42.5 Å². The first kappa shape index (κ1) is 25.9. The van der Waals surface area contributed by atoms with Crippen LogP contribution in [0.5, 0.6) is 11.5 Å². The fourth-order valence-electron chi connectivity index (χ4n) is 4.75. The summed E-state index contributed by atoms with van der Waals surface area (Å²) in [6.45, 7) is 4.69. The Morgan fingerprint density at radius 2 is 1.77 bits per heavy atom. The van der Waals surface area contributed by atoms with Gasteiger partial charge in [-0.1, -0.05) is 42.5 Å². The van der Waals surface area contributed by atoms with Crippen LogP contribution in [0.2, 0.25) is 0 Å². The maximum absolute atomic E-state index is 13.4. The molecule has 7 nitrogen and oxygen atoms in total. The SMILES string of the molecule is CCOc1cccc(C2/C(=C(\O)c3ccc(OCc4ccccc4)c(C)c3)C(=O)C(=O)N2Cc2ccco2)c1. The minimum Gasteiger partial charge on any atom is -0.507 e. The molecule has 0 saturated carbocycles. The molecule has 1 saturated heterocycles. The third kappa shape index (κ3) is 5.43. The Morgan fingerprint density at radius 1 is 0.949 bits per heavy atom. The van der Waals surface area contributed by atoms with Gasteiger partial charge >= 0.3 is 0 Å². The molecule has 0 radical (unpaired) electrons. The van der Waals surface area contributed by atoms with Gasteiger partial charge in [0, 0.05) is 5.56 Å². The smallest absolute Gasteiger partial charge is 0.296 e. The van der Waals surface area contributed by atoms with Crippen LogP contribution in [0.3, 0.4) is 0 Å². The number of hydrogen-bond acceptors (Lipinski definition) is 6. The largest absolute Gasteiger partial charge is 0.507 e. The van der Waals surface area contributed by atoms with Gasteiger partial charge < -0.3 is 23.9 Å². The number of ether oxygens (including phenoxy) is 2. The standard InChI is InChI=1S/C32H29NO6/c1-3-37-25-12-7-11-23(18-25)29-28(31(35)32(36)33(29)19-26-13-8-16-38-26)30(34)24-14-15-27(21(2)17-24)39-20-22-9-5-4-6-10-22/h4-18,29,34H,3,19-20H2,1-2H3/b30-28+. The molecule has 1 N–H and O–H groups in total. The summed E-state index contributed by atoms with van der Waals surface area (Å²) >= 11 is 0. The van der Waals surface area contributed by atoms with Gasteiger partial charge in [-0.25, -0.2) is 0 Å². The van der Waals surface area contributed by atoms with E-state index in [0.717, 1.165) is 11.1 Å². The Morgan fingerprint density at radius 3 is 2.49 bits per heavy atom. The quantitative estimate of drug-likeness (QED) is 0.160. The average Bonchev–Trinajstić information content (AvgIpc) is 3.55. The highest BCUT2D eigenvalue weighted by Crippen LogP contribution is 2.41. The van der Waals surface area contributed by atoms with Gasteiger partial charge in [-0.3, -0.25) is 9.59 Å². The molecule has 198 valence electrons. The molecule has 1 atom stereocenters. The Kier molecular flexibility index (Phi) is 7.50. The molecule has 39 heavy (non-hydrogen) atoms. The molecule has 4 aromatic rings. The minimum absolute atomic E-state index is 0.0116. The summed E-state index contributed by atoms with van der Waals surface area (Å²) in [5.74, 6) is 0.0784. The lowest BCUT2D eigenvalue weighted by molar-refractivity contribution is -0.140. The first-order valence-electron chi connectivity index (χ1n) is 12.8. The van der Waals surface area contributed by atoms with Crippen molar-refractivity contribution in [1.29, 1.82) is 0 Å². The molecule has 1 aromatic heterocycles. The predicted octanol–water partition coefficient (Wildman–Crippen LogP) is 6.19. The molecular formula is C32H29NO6. The van der Waals surface area contributed by atoms with E-state index in [1.165, 1.54) is 11.2 Å². The Labute approximate surface area is 226 Å². The molecule has 5 rings (SSSR count). The first-order valence-corrected chi connectivity index (χ1v) is 12.8. The van der Waals surface area contributed by atoms with E-state index in [-0.39, 0.29) is 17.9 Å². The van der Waals surface area contributed by atoms with Gasteiger partial charge in [-0.05, 0) is 73.0 Å². The van der Waals surface area contributed by atoms with Gasteiger partial charge in [0.25, 0.3) is 11.7 Å². The average molecular weight is 524 g/mol. The number of likely N-dealkylation sites (tertiary alicyclic amines) is 1. The summed E-state index contributed by atoms with van der Waals surface area (Å²) in [5, 5.41) is 11.5. The van der Waals surface area contributed by atoms with Gasteiger partial charge in [-0.15, -0.1) is 0 Å². The summed E-state index contributed by atoms with van der Waals surface area (Å²) in [7, 11) is 0. The number of aryl methyl sites for hydroxylation is 1. The number of aliphatic hydroxyl groups is 1. The second-order valence-corrected chi connectivity index (χ2v) is 9.27. The highest BCUT2D eigenvalue weighted by atomic mass is 16.5. The van der Waals surface area contributed by atoms with E-state index >= 15 is 0 Å². The molecule has 0 bridgehead atoms. The molecule has 7 heteroatoms. The van der Waals surface area contributed by atoms with Gasteiger partial charge in [0.15, 0.2) is 0 Å². The number of aliphatic hydroxyl groups excluding tert-OH is 1. The van der Waals surface area contributed by atoms with E-state index in [4.69, 9.17) is 13.9 Å². The molecule has 1 amide bonds. The fourth-order valence-corrected chi connectivity index (χ4v) is 4.75. The number of Topliss-reactive ketones (excluding diaryl/α,β-unsaturated/α-hetero) is 1. The summed E-state index contributed by atoms with van der Waals surface area (Å²) in [5.41, 5.74) is 2.90. The highest BCUT2D eigenvalue weighted by molar-refractivity contribution is 6.46. The van der Waals surface area contributed by atoms with Gasteiger partial charge in [0.2, 0.25) is 0 Å². The number of carbonyl (C=O) groups excluding carboxylic acids is 2. The third-order valence-electron chi connectivity index (χ3n) is 6.62. The zero-order chi connectivity index (χ0) is 27.4. The topological polar surface area (TPSA) is 89.2 Å². The van der Waals surface area contributed by atoms with Crippen LogP contribution in [0.15, 0.2) is 101 Å². The fraction of sp³-hybridized carbons (Fsp3) is 0.188. The number of rotatable bonds is 9. The summed E-state index contributed by atoms with van der Waals surface area (Å²) < 4.78 is 17.1. The van der Waals surface area contributed by atoms with Crippen LogP contribution in [0, 0.1) is 6.92 Å². The van der Waals surface area contributed by atoms with Crippen molar-refractivity contribution in [3.8, 4) is 11.5 Å². The van der Waals surface area contributed by atoms with Crippen molar-refractivity contribution >= 4 is 17.4 Å². The number of amides is 1. The number of furan rings is 1. The molecule has 1 fully saturated rings. The molecule has 1 aliphatic heterocycles. The molecule has 0 spiro atoms. The number of carbonyl (C=O) groups is 2. The van der Waals surface area contributed by atoms with Crippen molar-refractivity contribution in [1.82, 2.24) is 4.90 Å². The first-order chi connectivity index (χ1) is 19.0. The van der Waals surface area contributed by atoms with Crippen LogP contribution >= 0.6 is 0 Å². The number of nitrogens with zero attached hydrogens (tertiary/aromatic N) is 1. The minimum atomic E-state index is -0.829. The van der Waals surface area contributed by atoms with Crippen molar-refractivity contribution < 1.29 is 28.6 Å². The lowest BCUT2D eigenvalue weighted by Gasteiger charge is -2.25. The number of hydrogen-bond donors (Lipinski definition) is 1. The monoisotopic (exact) mass is 523 g/mol. The van der Waals surface area contributed by atoms with Crippen molar-refractivity contribution in [2.45, 2.75) is 33.0 Å².